The number of amides is 1. The highest BCUT2D eigenvalue weighted by molar-refractivity contribution is 7.10. The zero-order valence-corrected chi connectivity index (χ0v) is 16.4. The zero-order chi connectivity index (χ0) is 18.4. The molecule has 2 aromatic heterocycles. The number of piperidine rings is 1. The third-order valence-corrected chi connectivity index (χ3v) is 7.39. The summed E-state index contributed by atoms with van der Waals surface area (Å²) in [5.74, 6) is 0.0689. The van der Waals surface area contributed by atoms with Gasteiger partial charge in [-0.2, -0.15) is 11.3 Å². The van der Waals surface area contributed by atoms with Crippen molar-refractivity contribution in [1.29, 1.82) is 0 Å². The molecule has 2 unspecified atom stereocenters. The number of aryl methyl sites for hydroxylation is 1. The van der Waals surface area contributed by atoms with E-state index in [1.165, 1.54) is 12.1 Å². The molecule has 2 aliphatic rings. The van der Waals surface area contributed by atoms with Gasteiger partial charge in [0.2, 0.25) is 0 Å². The molecule has 2 atom stereocenters. The molecule has 5 rings (SSSR count). The summed E-state index contributed by atoms with van der Waals surface area (Å²) in [6.07, 6.45) is 3.72. The van der Waals surface area contributed by atoms with Crippen LogP contribution in [0.3, 0.4) is 0 Å². The average Bonchev–Trinajstić information content (AvgIpc) is 3.35. The van der Waals surface area contributed by atoms with Gasteiger partial charge in [0, 0.05) is 40.4 Å². The summed E-state index contributed by atoms with van der Waals surface area (Å²) in [7, 11) is 0. The van der Waals surface area contributed by atoms with E-state index in [2.05, 4.69) is 22.2 Å². The second-order valence-corrected chi connectivity index (χ2v) is 8.98. The lowest BCUT2D eigenvalue weighted by atomic mass is 9.91. The van der Waals surface area contributed by atoms with Crippen LogP contribution in [-0.4, -0.2) is 28.4 Å². The number of benzene rings is 1. The Labute approximate surface area is 165 Å². The lowest BCUT2D eigenvalue weighted by Gasteiger charge is -2.38. The van der Waals surface area contributed by atoms with Crippen LogP contribution in [0.1, 0.15) is 46.1 Å². The molecular formula is C21H19FN2OS2. The first-order valence-corrected chi connectivity index (χ1v) is 11.1. The van der Waals surface area contributed by atoms with Gasteiger partial charge in [-0.15, -0.1) is 11.3 Å². The van der Waals surface area contributed by atoms with Crippen LogP contribution in [0, 0.1) is 5.82 Å². The van der Waals surface area contributed by atoms with Gasteiger partial charge in [0.15, 0.2) is 0 Å². The Morgan fingerprint density at radius 2 is 2.07 bits per heavy atom. The molecule has 2 aliphatic heterocycles. The van der Waals surface area contributed by atoms with E-state index in [0.717, 1.165) is 47.5 Å². The Bertz CT molecular complexity index is 982. The van der Waals surface area contributed by atoms with Crippen LogP contribution >= 0.6 is 22.7 Å². The Kier molecular flexibility index (Phi) is 4.32. The molecule has 1 saturated heterocycles. The fourth-order valence-electron chi connectivity index (χ4n) is 4.25. The molecule has 1 aromatic carbocycles. The smallest absolute Gasteiger partial charge is 0.254 e. The maximum absolute atomic E-state index is 13.6. The fourth-order valence-corrected chi connectivity index (χ4v) is 5.86. The minimum absolute atomic E-state index is 0.0480. The van der Waals surface area contributed by atoms with Crippen LogP contribution in [0.2, 0.25) is 0 Å². The Morgan fingerprint density at radius 3 is 2.93 bits per heavy atom. The molecule has 3 aromatic rings. The number of nitrogens with zero attached hydrogens (tertiary/aromatic N) is 2. The van der Waals surface area contributed by atoms with Crippen LogP contribution in [0.15, 0.2) is 40.4 Å². The lowest BCUT2D eigenvalue weighted by Crippen LogP contribution is -2.45. The molecule has 0 aliphatic carbocycles. The van der Waals surface area contributed by atoms with Gasteiger partial charge in [-0.05, 0) is 60.9 Å². The molecule has 1 amide bonds. The van der Waals surface area contributed by atoms with Crippen LogP contribution in [-0.2, 0) is 6.42 Å². The van der Waals surface area contributed by atoms with Crippen molar-refractivity contribution in [1.82, 2.24) is 9.88 Å². The summed E-state index contributed by atoms with van der Waals surface area (Å²) in [6, 6.07) is 6.91. The van der Waals surface area contributed by atoms with E-state index in [0.29, 0.717) is 12.1 Å². The van der Waals surface area contributed by atoms with Gasteiger partial charge >= 0.3 is 0 Å². The number of carbonyl (C=O) groups is 1. The minimum Gasteiger partial charge on any atom is -0.335 e. The zero-order valence-electron chi connectivity index (χ0n) is 14.7. The molecule has 0 spiro atoms. The predicted octanol–water partition coefficient (Wildman–Crippen LogP) is 5.35. The molecule has 0 radical (unpaired) electrons. The number of fused-ring (bicyclic) bond motifs is 2. The maximum atomic E-state index is 13.6. The second-order valence-electron chi connectivity index (χ2n) is 7.31. The third kappa shape index (κ3) is 3.11. The molecule has 138 valence electrons. The van der Waals surface area contributed by atoms with Crippen LogP contribution < -0.4 is 0 Å². The van der Waals surface area contributed by atoms with E-state index in [1.54, 1.807) is 28.7 Å². The highest BCUT2D eigenvalue weighted by Crippen LogP contribution is 2.37. The van der Waals surface area contributed by atoms with E-state index in [4.69, 9.17) is 4.98 Å². The van der Waals surface area contributed by atoms with E-state index in [1.807, 2.05) is 4.90 Å². The van der Waals surface area contributed by atoms with E-state index in [-0.39, 0.29) is 23.7 Å². The number of carbonyl (C=O) groups excluding carboxylic acids is 1. The summed E-state index contributed by atoms with van der Waals surface area (Å²) in [5.41, 5.74) is 3.71. The van der Waals surface area contributed by atoms with Gasteiger partial charge in [0.05, 0.1) is 10.7 Å². The first-order chi connectivity index (χ1) is 13.2. The highest BCUT2D eigenvalue weighted by atomic mass is 32.1. The van der Waals surface area contributed by atoms with Crippen LogP contribution in [0.4, 0.5) is 4.39 Å². The number of aromatic nitrogens is 1. The van der Waals surface area contributed by atoms with Crippen molar-refractivity contribution in [3.63, 3.8) is 0 Å². The van der Waals surface area contributed by atoms with Gasteiger partial charge < -0.3 is 4.90 Å². The SMILES string of the molecule is O=C1c2ccc(F)cc2CCC2CCC(c3nc(-c4ccsc4)cs3)CN12. The lowest BCUT2D eigenvalue weighted by molar-refractivity contribution is 0.0588. The Morgan fingerprint density at radius 1 is 1.15 bits per heavy atom. The van der Waals surface area contributed by atoms with Crippen molar-refractivity contribution in [3.05, 3.63) is 62.4 Å². The fraction of sp³-hybridized carbons (Fsp3) is 0.333. The van der Waals surface area contributed by atoms with Gasteiger partial charge in [-0.25, -0.2) is 9.37 Å². The number of halogens is 1. The quantitative estimate of drug-likeness (QED) is 0.583. The monoisotopic (exact) mass is 398 g/mol. The molecule has 4 heterocycles. The van der Waals surface area contributed by atoms with E-state index in [9.17, 15) is 9.18 Å². The van der Waals surface area contributed by atoms with Crippen LogP contribution in [0.5, 0.6) is 0 Å². The Hall–Kier alpha value is -2.05. The summed E-state index contributed by atoms with van der Waals surface area (Å²) >= 11 is 3.37. The summed E-state index contributed by atoms with van der Waals surface area (Å²) in [6.45, 7) is 0.705. The molecule has 3 nitrogen and oxygen atoms in total. The molecule has 6 heteroatoms. The second kappa shape index (κ2) is 6.84. The van der Waals surface area contributed by atoms with Gasteiger partial charge in [0.25, 0.3) is 5.91 Å². The molecule has 0 saturated carbocycles. The maximum Gasteiger partial charge on any atom is 0.254 e. The van der Waals surface area contributed by atoms with Gasteiger partial charge in [-0.3, -0.25) is 4.79 Å². The standard InChI is InChI=1S/C21H19FN2OS2/c22-16-3-6-18-13(9-16)1-4-17-5-2-14(10-24(17)21(18)25)20-23-19(12-27-20)15-7-8-26-11-15/h3,6-9,11-12,14,17H,1-2,4-5,10H2. The number of rotatable bonds is 2. The normalized spacial score (nSPS) is 22.3. The number of thiazole rings is 1. The van der Waals surface area contributed by atoms with Gasteiger partial charge in [0.1, 0.15) is 5.82 Å². The minimum atomic E-state index is -0.261. The van der Waals surface area contributed by atoms with Gasteiger partial charge in [-0.1, -0.05) is 0 Å². The summed E-state index contributed by atoms with van der Waals surface area (Å²) < 4.78 is 13.6. The van der Waals surface area contributed by atoms with Crippen molar-refractivity contribution in [2.24, 2.45) is 0 Å². The number of thiophene rings is 1. The molecule has 0 bridgehead atoms. The van der Waals surface area contributed by atoms with Crippen molar-refractivity contribution in [2.75, 3.05) is 6.54 Å². The summed E-state index contributed by atoms with van der Waals surface area (Å²) in [4.78, 5) is 20.0. The first kappa shape index (κ1) is 17.1. The molecule has 0 N–H and O–H groups in total. The number of hydrogen-bond donors (Lipinski definition) is 0. The van der Waals surface area contributed by atoms with E-state index >= 15 is 0 Å². The molecule has 1 fully saturated rings. The summed E-state index contributed by atoms with van der Waals surface area (Å²) in [5, 5.41) is 7.41. The third-order valence-electron chi connectivity index (χ3n) is 5.70. The largest absolute Gasteiger partial charge is 0.335 e. The molecule has 27 heavy (non-hydrogen) atoms. The number of hydrogen-bond acceptors (Lipinski definition) is 4. The van der Waals surface area contributed by atoms with Crippen molar-refractivity contribution in [2.45, 2.75) is 37.6 Å². The van der Waals surface area contributed by atoms with Crippen molar-refractivity contribution >= 4 is 28.6 Å². The predicted molar refractivity (Wildman–Crippen MR) is 107 cm³/mol. The van der Waals surface area contributed by atoms with E-state index < -0.39 is 0 Å². The average molecular weight is 399 g/mol. The van der Waals surface area contributed by atoms with Crippen molar-refractivity contribution < 1.29 is 9.18 Å². The Balaban J connectivity index is 1.41. The topological polar surface area (TPSA) is 33.2 Å². The van der Waals surface area contributed by atoms with Crippen LogP contribution in [0.25, 0.3) is 11.3 Å². The highest BCUT2D eigenvalue weighted by Gasteiger charge is 2.36. The molecular weight excluding hydrogens is 379 g/mol. The van der Waals surface area contributed by atoms with Crippen molar-refractivity contribution in [3.8, 4) is 11.3 Å². The first-order valence-electron chi connectivity index (χ1n) is 9.26.